The molecule has 1 aliphatic rings. The quantitative estimate of drug-likeness (QED) is 0.656. The van der Waals surface area contributed by atoms with Crippen LogP contribution in [-0.4, -0.2) is 22.8 Å². The van der Waals surface area contributed by atoms with E-state index in [0.717, 1.165) is 32.1 Å². The summed E-state index contributed by atoms with van der Waals surface area (Å²) in [4.78, 5) is 25.5. The zero-order valence-electron chi connectivity index (χ0n) is 17.1. The molecule has 1 heterocycles. The summed E-state index contributed by atoms with van der Waals surface area (Å²) in [5, 5.41) is 3.89. The molecule has 148 valence electrons. The second-order valence-corrected chi connectivity index (χ2v) is 8.98. The average molecular weight is 443 g/mol. The van der Waals surface area contributed by atoms with Gasteiger partial charge >= 0.3 is 0 Å². The summed E-state index contributed by atoms with van der Waals surface area (Å²) in [6.45, 7) is 10.6. The van der Waals surface area contributed by atoms with E-state index in [2.05, 4.69) is 59.6 Å². The van der Waals surface area contributed by atoms with Crippen LogP contribution < -0.4 is 5.32 Å². The minimum atomic E-state index is -0.164. The van der Waals surface area contributed by atoms with Crippen LogP contribution in [0.3, 0.4) is 0 Å². The summed E-state index contributed by atoms with van der Waals surface area (Å²) in [5.74, 6) is 0.181. The molecule has 4 nitrogen and oxygen atoms in total. The molecule has 1 aliphatic carbocycles. The third-order valence-electron chi connectivity index (χ3n) is 5.18. The van der Waals surface area contributed by atoms with Crippen molar-refractivity contribution in [2.45, 2.75) is 47.1 Å². The number of aromatic nitrogens is 1. The highest BCUT2D eigenvalue weighted by atomic mass is 79.9. The van der Waals surface area contributed by atoms with Gasteiger partial charge < -0.3 is 9.88 Å². The average Bonchev–Trinajstić information content (AvgIpc) is 3.03. The zero-order valence-corrected chi connectivity index (χ0v) is 18.7. The number of carbonyl (C=O) groups is 2. The van der Waals surface area contributed by atoms with Crippen molar-refractivity contribution in [3.8, 4) is 0 Å². The number of hydrogen-bond acceptors (Lipinski definition) is 2. The molecule has 5 heteroatoms. The number of ketones is 1. The van der Waals surface area contributed by atoms with Crippen molar-refractivity contribution in [3.63, 3.8) is 0 Å². The highest BCUT2D eigenvalue weighted by Gasteiger charge is 2.22. The van der Waals surface area contributed by atoms with Crippen molar-refractivity contribution in [3.05, 3.63) is 57.2 Å². The van der Waals surface area contributed by atoms with E-state index in [1.165, 1.54) is 0 Å². The Hall–Kier alpha value is -2.14. The maximum absolute atomic E-state index is 13.0. The third-order valence-corrected chi connectivity index (χ3v) is 5.64. The van der Waals surface area contributed by atoms with Crippen LogP contribution in [0.5, 0.6) is 0 Å². The molecule has 0 saturated heterocycles. The van der Waals surface area contributed by atoms with Gasteiger partial charge in [-0.15, -0.1) is 0 Å². The van der Waals surface area contributed by atoms with Gasteiger partial charge in [0.15, 0.2) is 5.78 Å². The van der Waals surface area contributed by atoms with Gasteiger partial charge in [-0.1, -0.05) is 41.4 Å². The van der Waals surface area contributed by atoms with E-state index in [1.54, 1.807) is 0 Å². The largest absolute Gasteiger partial charge is 0.348 e. The molecule has 1 amide bonds. The van der Waals surface area contributed by atoms with Crippen LogP contribution in [0, 0.1) is 5.92 Å². The summed E-state index contributed by atoms with van der Waals surface area (Å²) in [6, 6.07) is 6.15. The molecule has 0 fully saturated rings. The van der Waals surface area contributed by atoms with E-state index >= 15 is 0 Å². The fourth-order valence-electron chi connectivity index (χ4n) is 3.77. The second-order valence-electron chi connectivity index (χ2n) is 8.06. The molecule has 0 aliphatic heterocycles. The smallest absolute Gasteiger partial charge is 0.252 e. The summed E-state index contributed by atoms with van der Waals surface area (Å²) in [5.41, 5.74) is 4.46. The molecule has 1 aromatic carbocycles. The lowest BCUT2D eigenvalue weighted by atomic mass is 9.86. The van der Waals surface area contributed by atoms with E-state index in [-0.39, 0.29) is 24.2 Å². The maximum atomic E-state index is 13.0. The molecule has 0 saturated carbocycles. The van der Waals surface area contributed by atoms with Crippen LogP contribution in [0.25, 0.3) is 10.9 Å². The molecule has 28 heavy (non-hydrogen) atoms. The third kappa shape index (κ3) is 4.00. The zero-order chi connectivity index (χ0) is 20.6. The van der Waals surface area contributed by atoms with Crippen LogP contribution in [0.2, 0.25) is 0 Å². The van der Waals surface area contributed by atoms with Crippen molar-refractivity contribution >= 4 is 38.5 Å². The number of hydrogen-bond donors (Lipinski definition) is 1. The lowest BCUT2D eigenvalue weighted by Gasteiger charge is -2.21. The summed E-state index contributed by atoms with van der Waals surface area (Å²) in [6.07, 6.45) is 4.53. The molecule has 3 rings (SSSR count). The first-order valence-corrected chi connectivity index (χ1v) is 10.5. The van der Waals surface area contributed by atoms with Crippen LogP contribution in [0.1, 0.15) is 57.4 Å². The first-order chi connectivity index (χ1) is 13.2. The van der Waals surface area contributed by atoms with Gasteiger partial charge in [-0.25, -0.2) is 0 Å². The summed E-state index contributed by atoms with van der Waals surface area (Å²) < 4.78 is 3.01. The monoisotopic (exact) mass is 442 g/mol. The number of Topliss-reactive ketones (excluding diaryl/α,β-unsaturated/α-hetero) is 1. The Morgan fingerprint density at radius 1 is 1.25 bits per heavy atom. The van der Waals surface area contributed by atoms with Crippen molar-refractivity contribution in [1.82, 2.24) is 9.88 Å². The van der Waals surface area contributed by atoms with E-state index < -0.39 is 0 Å². The first-order valence-electron chi connectivity index (χ1n) is 9.70. The van der Waals surface area contributed by atoms with Crippen LogP contribution >= 0.6 is 15.9 Å². The first kappa shape index (κ1) is 20.6. The number of amides is 1. The number of carbonyl (C=O) groups excluding carboxylic acids is 2. The Balaban J connectivity index is 1.92. The Bertz CT molecular complexity index is 1010. The molecular formula is C23H27BrN2O2. The number of halogens is 1. The van der Waals surface area contributed by atoms with Gasteiger partial charge in [-0.2, -0.15) is 0 Å². The molecule has 0 bridgehead atoms. The topological polar surface area (TPSA) is 51.1 Å². The highest BCUT2D eigenvalue weighted by molar-refractivity contribution is 9.10. The standard InChI is InChI=1S/C23H27BrN2O2/c1-13(2)18-8-15(5)9-22(27)20(18)12-25-23(28)19-10-16(24)11-21-17(19)6-7-26(21)14(3)4/h6-8,10-11,13-14H,9,12H2,1-5H3,(H,25,28). The van der Waals surface area contributed by atoms with Crippen molar-refractivity contribution in [2.24, 2.45) is 5.92 Å². The summed E-state index contributed by atoms with van der Waals surface area (Å²) in [7, 11) is 0. The lowest BCUT2D eigenvalue weighted by Crippen LogP contribution is -2.30. The van der Waals surface area contributed by atoms with E-state index in [9.17, 15) is 9.59 Å². The molecule has 0 spiro atoms. The fraction of sp³-hybridized carbons (Fsp3) is 0.391. The Morgan fingerprint density at radius 2 is 1.96 bits per heavy atom. The van der Waals surface area contributed by atoms with Gasteiger partial charge in [-0.3, -0.25) is 9.59 Å². The minimum Gasteiger partial charge on any atom is -0.348 e. The predicted octanol–water partition coefficient (Wildman–Crippen LogP) is 5.59. The number of rotatable bonds is 5. The van der Waals surface area contributed by atoms with Crippen molar-refractivity contribution in [2.75, 3.05) is 6.54 Å². The van der Waals surface area contributed by atoms with Crippen LogP contribution in [0.4, 0.5) is 0 Å². The van der Waals surface area contributed by atoms with Crippen LogP contribution in [-0.2, 0) is 4.79 Å². The predicted molar refractivity (Wildman–Crippen MR) is 118 cm³/mol. The minimum absolute atomic E-state index is 0.106. The number of nitrogens with one attached hydrogen (secondary N) is 1. The van der Waals surface area contributed by atoms with E-state index in [4.69, 9.17) is 0 Å². The molecule has 0 radical (unpaired) electrons. The Kier molecular flexibility index (Phi) is 5.94. The normalized spacial score (nSPS) is 15.0. The number of allylic oxidation sites excluding steroid dienone is 3. The molecule has 2 aromatic rings. The molecule has 1 aromatic heterocycles. The van der Waals surface area contributed by atoms with Gasteiger partial charge in [0, 0.05) is 46.2 Å². The van der Waals surface area contributed by atoms with Gasteiger partial charge in [0.05, 0.1) is 5.52 Å². The van der Waals surface area contributed by atoms with Gasteiger partial charge in [0.2, 0.25) is 0 Å². The molecule has 1 N–H and O–H groups in total. The van der Waals surface area contributed by atoms with E-state index in [0.29, 0.717) is 18.0 Å². The van der Waals surface area contributed by atoms with Gasteiger partial charge in [0.1, 0.15) is 0 Å². The highest BCUT2D eigenvalue weighted by Crippen LogP contribution is 2.29. The lowest BCUT2D eigenvalue weighted by molar-refractivity contribution is -0.115. The second kappa shape index (κ2) is 8.08. The van der Waals surface area contributed by atoms with Gasteiger partial charge in [-0.05, 0) is 50.5 Å². The van der Waals surface area contributed by atoms with Crippen molar-refractivity contribution < 1.29 is 9.59 Å². The van der Waals surface area contributed by atoms with Gasteiger partial charge in [0.25, 0.3) is 5.91 Å². The molecular weight excluding hydrogens is 416 g/mol. The SMILES string of the molecule is CC1=CC(C(C)C)=C(CNC(=O)c2cc(Br)cc3c2ccn3C(C)C)C(=O)C1. The molecule has 0 atom stereocenters. The van der Waals surface area contributed by atoms with Crippen molar-refractivity contribution in [1.29, 1.82) is 0 Å². The number of nitrogens with zero attached hydrogens (tertiary/aromatic N) is 1. The number of fused-ring (bicyclic) bond motifs is 1. The molecule has 0 unspecified atom stereocenters. The van der Waals surface area contributed by atoms with Crippen LogP contribution in [0.15, 0.2) is 51.7 Å². The number of benzene rings is 1. The van der Waals surface area contributed by atoms with E-state index in [1.807, 2.05) is 31.3 Å². The maximum Gasteiger partial charge on any atom is 0.252 e. The Labute approximate surface area is 174 Å². The Morgan fingerprint density at radius 3 is 2.61 bits per heavy atom. The summed E-state index contributed by atoms with van der Waals surface area (Å²) >= 11 is 3.53. The fourth-order valence-corrected chi connectivity index (χ4v) is 4.22.